The topological polar surface area (TPSA) is 86.7 Å². The van der Waals surface area contributed by atoms with Gasteiger partial charge in [-0.15, -0.1) is 11.8 Å². The molecule has 1 aromatic carbocycles. The number of aliphatic carboxylic acids is 1. The first-order valence-electron chi connectivity index (χ1n) is 9.01. The highest BCUT2D eigenvalue weighted by molar-refractivity contribution is 8.01. The Hall–Kier alpha value is -2.09. The fourth-order valence-corrected chi connectivity index (χ4v) is 4.83. The van der Waals surface area contributed by atoms with Crippen LogP contribution in [-0.4, -0.2) is 51.9 Å². The van der Waals surface area contributed by atoms with Crippen molar-refractivity contribution in [3.05, 3.63) is 30.1 Å². The Morgan fingerprint density at radius 2 is 2.07 bits per heavy atom. The number of hydrogen-bond donors (Lipinski definition) is 2. The van der Waals surface area contributed by atoms with Crippen LogP contribution < -0.4 is 5.32 Å². The summed E-state index contributed by atoms with van der Waals surface area (Å²) in [5, 5.41) is 11.8. The van der Waals surface area contributed by atoms with E-state index in [0.717, 1.165) is 12.8 Å². The van der Waals surface area contributed by atoms with Gasteiger partial charge in [0.15, 0.2) is 0 Å². The number of likely N-dealkylation sites (tertiary alicyclic amines) is 1. The van der Waals surface area contributed by atoms with E-state index in [1.54, 1.807) is 11.8 Å². The Balaban J connectivity index is 1.50. The quantitative estimate of drug-likeness (QED) is 0.775. The van der Waals surface area contributed by atoms with E-state index in [-0.39, 0.29) is 35.8 Å². The van der Waals surface area contributed by atoms with Gasteiger partial charge in [0.05, 0.1) is 16.4 Å². The normalized spacial score (nSPS) is 25.1. The van der Waals surface area contributed by atoms with Gasteiger partial charge in [-0.1, -0.05) is 6.42 Å². The third kappa shape index (κ3) is 4.10. The molecular formula is C19H23FN2O4S. The zero-order valence-electron chi connectivity index (χ0n) is 15.1. The molecule has 1 saturated carbocycles. The van der Waals surface area contributed by atoms with Gasteiger partial charge >= 0.3 is 5.97 Å². The summed E-state index contributed by atoms with van der Waals surface area (Å²) in [7, 11) is 0. The number of anilines is 1. The van der Waals surface area contributed by atoms with Crippen LogP contribution in [0, 0.1) is 17.2 Å². The van der Waals surface area contributed by atoms with E-state index >= 15 is 0 Å². The summed E-state index contributed by atoms with van der Waals surface area (Å²) < 4.78 is 12.9. The Morgan fingerprint density at radius 1 is 1.37 bits per heavy atom. The molecule has 2 amide bonds. The molecule has 3 rings (SSSR count). The van der Waals surface area contributed by atoms with Gasteiger partial charge in [-0.2, -0.15) is 0 Å². The summed E-state index contributed by atoms with van der Waals surface area (Å²) in [6.45, 7) is 2.48. The first-order chi connectivity index (χ1) is 12.8. The summed E-state index contributed by atoms with van der Waals surface area (Å²) in [5.41, 5.74) is -0.295. The van der Waals surface area contributed by atoms with Crippen molar-refractivity contribution >= 4 is 35.2 Å². The second-order valence-corrected chi connectivity index (χ2v) is 8.61. The molecule has 6 nitrogen and oxygen atoms in total. The number of carboxylic acid groups (broad SMARTS) is 1. The Bertz CT molecular complexity index is 742. The molecule has 0 spiro atoms. The standard InChI is InChI=1S/C19H23FN2O4S/c1-12(27-10-16(23)21-15-6-4-14(20)5-7-15)17(24)22-9-13-3-2-8-19(13,11-22)18(25)26/h4-7,12-13H,2-3,8-11H2,1H3,(H,21,23)(H,25,26)/t12?,13-,19+/m0/s1. The predicted octanol–water partition coefficient (Wildman–Crippen LogP) is 2.60. The first-order valence-corrected chi connectivity index (χ1v) is 10.1. The second kappa shape index (κ2) is 7.88. The van der Waals surface area contributed by atoms with E-state index in [1.165, 1.54) is 36.0 Å². The van der Waals surface area contributed by atoms with Crippen molar-refractivity contribution in [2.75, 3.05) is 24.2 Å². The maximum absolute atomic E-state index is 12.9. The van der Waals surface area contributed by atoms with Crippen LogP contribution in [0.25, 0.3) is 0 Å². The maximum atomic E-state index is 12.9. The lowest BCUT2D eigenvalue weighted by atomic mass is 9.81. The van der Waals surface area contributed by atoms with E-state index in [2.05, 4.69) is 5.32 Å². The first kappa shape index (κ1) is 19.7. The summed E-state index contributed by atoms with van der Waals surface area (Å²) in [6, 6.07) is 5.47. The minimum atomic E-state index is -0.806. The van der Waals surface area contributed by atoms with Crippen molar-refractivity contribution in [1.82, 2.24) is 4.90 Å². The predicted molar refractivity (Wildman–Crippen MR) is 101 cm³/mol. The fourth-order valence-electron chi connectivity index (χ4n) is 4.07. The molecule has 0 bridgehead atoms. The number of nitrogens with zero attached hydrogens (tertiary/aromatic N) is 1. The highest BCUT2D eigenvalue weighted by atomic mass is 32.2. The molecule has 0 aromatic heterocycles. The number of carboxylic acids is 1. The zero-order chi connectivity index (χ0) is 19.6. The minimum absolute atomic E-state index is 0.0259. The molecule has 2 fully saturated rings. The summed E-state index contributed by atoms with van der Waals surface area (Å²) in [5.74, 6) is -1.46. The number of carbonyl (C=O) groups is 3. The summed E-state index contributed by atoms with van der Waals surface area (Å²) >= 11 is 1.21. The van der Waals surface area contributed by atoms with Gasteiger partial charge < -0.3 is 15.3 Å². The van der Waals surface area contributed by atoms with Crippen LogP contribution in [0.15, 0.2) is 24.3 Å². The van der Waals surface area contributed by atoms with Gasteiger partial charge in [-0.05, 0) is 49.9 Å². The third-order valence-electron chi connectivity index (χ3n) is 5.55. The van der Waals surface area contributed by atoms with Crippen LogP contribution in [0.4, 0.5) is 10.1 Å². The number of thioether (sulfide) groups is 1. The van der Waals surface area contributed by atoms with Crippen molar-refractivity contribution in [2.24, 2.45) is 11.3 Å². The largest absolute Gasteiger partial charge is 0.481 e. The number of rotatable bonds is 6. The second-order valence-electron chi connectivity index (χ2n) is 7.28. The highest BCUT2D eigenvalue weighted by Gasteiger charge is 2.56. The van der Waals surface area contributed by atoms with Crippen LogP contribution in [-0.2, 0) is 14.4 Å². The van der Waals surface area contributed by atoms with Gasteiger partial charge in [-0.25, -0.2) is 4.39 Å². The zero-order valence-corrected chi connectivity index (χ0v) is 15.9. The third-order valence-corrected chi connectivity index (χ3v) is 6.68. The molecule has 8 heteroatoms. The molecule has 1 aliphatic carbocycles. The molecule has 3 atom stereocenters. The average Bonchev–Trinajstić information content (AvgIpc) is 3.19. The van der Waals surface area contributed by atoms with Crippen molar-refractivity contribution in [3.8, 4) is 0 Å². The number of carbonyl (C=O) groups excluding carboxylic acids is 2. The number of fused-ring (bicyclic) bond motifs is 1. The Kier molecular flexibility index (Phi) is 5.74. The van der Waals surface area contributed by atoms with E-state index in [4.69, 9.17) is 0 Å². The molecule has 1 unspecified atom stereocenters. The number of halogens is 1. The smallest absolute Gasteiger partial charge is 0.311 e. The lowest BCUT2D eigenvalue weighted by Gasteiger charge is -2.24. The van der Waals surface area contributed by atoms with Crippen molar-refractivity contribution in [3.63, 3.8) is 0 Å². The number of nitrogens with one attached hydrogen (secondary N) is 1. The number of hydrogen-bond acceptors (Lipinski definition) is 4. The van der Waals surface area contributed by atoms with Gasteiger partial charge in [0.25, 0.3) is 0 Å². The molecule has 1 aliphatic heterocycles. The molecule has 2 aliphatic rings. The Labute approximate surface area is 161 Å². The van der Waals surface area contributed by atoms with Gasteiger partial charge in [0, 0.05) is 18.8 Å². The van der Waals surface area contributed by atoms with Crippen LogP contribution in [0.3, 0.4) is 0 Å². The number of benzene rings is 1. The fraction of sp³-hybridized carbons (Fsp3) is 0.526. The van der Waals surface area contributed by atoms with Gasteiger partial charge in [-0.3, -0.25) is 14.4 Å². The van der Waals surface area contributed by atoms with Crippen LogP contribution >= 0.6 is 11.8 Å². The summed E-state index contributed by atoms with van der Waals surface area (Å²) in [4.78, 5) is 38.1. The molecular weight excluding hydrogens is 371 g/mol. The minimum Gasteiger partial charge on any atom is -0.481 e. The monoisotopic (exact) mass is 394 g/mol. The Morgan fingerprint density at radius 3 is 2.70 bits per heavy atom. The molecule has 1 saturated heterocycles. The number of amides is 2. The lowest BCUT2D eigenvalue weighted by molar-refractivity contribution is -0.149. The van der Waals surface area contributed by atoms with E-state index in [0.29, 0.717) is 18.7 Å². The van der Waals surface area contributed by atoms with Crippen molar-refractivity contribution in [2.45, 2.75) is 31.4 Å². The van der Waals surface area contributed by atoms with E-state index in [1.807, 2.05) is 0 Å². The van der Waals surface area contributed by atoms with Crippen molar-refractivity contribution < 1.29 is 23.9 Å². The van der Waals surface area contributed by atoms with Crippen molar-refractivity contribution in [1.29, 1.82) is 0 Å². The van der Waals surface area contributed by atoms with Crippen LogP contribution in [0.1, 0.15) is 26.2 Å². The SMILES string of the molecule is CC(SCC(=O)Nc1ccc(F)cc1)C(=O)N1C[C@@H]2CCC[C@@]2(C(=O)O)C1. The average molecular weight is 394 g/mol. The molecule has 27 heavy (non-hydrogen) atoms. The van der Waals surface area contributed by atoms with E-state index in [9.17, 15) is 23.9 Å². The highest BCUT2D eigenvalue weighted by Crippen LogP contribution is 2.49. The summed E-state index contributed by atoms with van der Waals surface area (Å²) in [6.07, 6.45) is 2.36. The van der Waals surface area contributed by atoms with Crippen LogP contribution in [0.5, 0.6) is 0 Å². The lowest BCUT2D eigenvalue weighted by Crippen LogP contribution is -2.39. The maximum Gasteiger partial charge on any atom is 0.311 e. The molecule has 0 radical (unpaired) electrons. The van der Waals surface area contributed by atoms with Crippen LogP contribution in [0.2, 0.25) is 0 Å². The molecule has 146 valence electrons. The van der Waals surface area contributed by atoms with Gasteiger partial charge in [0.1, 0.15) is 5.82 Å². The van der Waals surface area contributed by atoms with Gasteiger partial charge in [0.2, 0.25) is 11.8 Å². The molecule has 2 N–H and O–H groups in total. The van der Waals surface area contributed by atoms with E-state index < -0.39 is 16.6 Å². The molecule has 1 aromatic rings. The molecule has 1 heterocycles.